The molecule has 0 aromatic heterocycles. The number of ether oxygens (including phenoxy) is 1. The third kappa shape index (κ3) is 4.25. The van der Waals surface area contributed by atoms with E-state index in [1.54, 1.807) is 31.2 Å². The zero-order valence-corrected chi connectivity index (χ0v) is 11.7. The lowest BCUT2D eigenvalue weighted by atomic mass is 9.94. The molecule has 1 unspecified atom stereocenters. The van der Waals surface area contributed by atoms with E-state index in [0.717, 1.165) is 0 Å². The third-order valence-corrected chi connectivity index (χ3v) is 3.23. The van der Waals surface area contributed by atoms with E-state index < -0.39 is 12.1 Å². The van der Waals surface area contributed by atoms with Crippen molar-refractivity contribution in [3.8, 4) is 11.5 Å². The lowest BCUT2D eigenvalue weighted by Crippen LogP contribution is -2.20. The molecule has 2 aromatic rings. The van der Waals surface area contributed by atoms with Crippen LogP contribution in [0.4, 0.5) is 13.2 Å². The van der Waals surface area contributed by atoms with Crippen molar-refractivity contribution in [3.05, 3.63) is 60.2 Å². The molecule has 0 amide bonds. The highest BCUT2D eigenvalue weighted by Gasteiger charge is 2.39. The Morgan fingerprint density at radius 2 is 1.48 bits per heavy atom. The van der Waals surface area contributed by atoms with Crippen LogP contribution >= 0.6 is 0 Å². The molecule has 0 aliphatic rings. The van der Waals surface area contributed by atoms with Gasteiger partial charge in [-0.1, -0.05) is 43.7 Å². The SMILES string of the molecule is CCCC(c1ccc(Oc2ccccc2)cc1)C(F)(F)F. The smallest absolute Gasteiger partial charge is 0.395 e. The van der Waals surface area contributed by atoms with E-state index in [0.29, 0.717) is 17.9 Å². The summed E-state index contributed by atoms with van der Waals surface area (Å²) < 4.78 is 44.6. The molecule has 0 saturated carbocycles. The molecule has 0 aliphatic heterocycles. The highest BCUT2D eigenvalue weighted by atomic mass is 19.4. The molecule has 21 heavy (non-hydrogen) atoms. The molecule has 112 valence electrons. The Bertz CT molecular complexity index is 546. The van der Waals surface area contributed by atoms with Gasteiger partial charge in [-0.05, 0) is 36.2 Å². The van der Waals surface area contributed by atoms with E-state index in [1.165, 1.54) is 12.1 Å². The molecule has 1 nitrogen and oxygen atoms in total. The van der Waals surface area contributed by atoms with Crippen LogP contribution < -0.4 is 4.74 Å². The zero-order chi connectivity index (χ0) is 15.3. The third-order valence-electron chi connectivity index (χ3n) is 3.23. The van der Waals surface area contributed by atoms with Crippen LogP contribution in [0.3, 0.4) is 0 Å². The molecule has 0 aliphatic carbocycles. The number of rotatable bonds is 5. The van der Waals surface area contributed by atoms with Crippen LogP contribution in [0.2, 0.25) is 0 Å². The highest BCUT2D eigenvalue weighted by Crippen LogP contribution is 2.38. The minimum atomic E-state index is -4.21. The lowest BCUT2D eigenvalue weighted by molar-refractivity contribution is -0.152. The van der Waals surface area contributed by atoms with Gasteiger partial charge in [0.25, 0.3) is 0 Å². The number of para-hydroxylation sites is 1. The Balaban J connectivity index is 2.14. The molecule has 0 spiro atoms. The summed E-state index contributed by atoms with van der Waals surface area (Å²) in [6.45, 7) is 1.76. The maximum atomic E-state index is 13.0. The van der Waals surface area contributed by atoms with Gasteiger partial charge < -0.3 is 4.74 Å². The van der Waals surface area contributed by atoms with Gasteiger partial charge in [0.2, 0.25) is 0 Å². The van der Waals surface area contributed by atoms with Crippen LogP contribution in [0.15, 0.2) is 54.6 Å². The molecular weight excluding hydrogens is 277 g/mol. The number of hydrogen-bond donors (Lipinski definition) is 0. The van der Waals surface area contributed by atoms with Gasteiger partial charge in [0.1, 0.15) is 11.5 Å². The fraction of sp³-hybridized carbons (Fsp3) is 0.294. The van der Waals surface area contributed by atoms with Gasteiger partial charge in [0, 0.05) is 0 Å². The van der Waals surface area contributed by atoms with Crippen molar-refractivity contribution in [3.63, 3.8) is 0 Å². The molecule has 0 fully saturated rings. The highest BCUT2D eigenvalue weighted by molar-refractivity contribution is 5.34. The van der Waals surface area contributed by atoms with Gasteiger partial charge in [-0.2, -0.15) is 13.2 Å². The van der Waals surface area contributed by atoms with Crippen LogP contribution in [0.25, 0.3) is 0 Å². The summed E-state index contributed by atoms with van der Waals surface area (Å²) in [6.07, 6.45) is -3.62. The zero-order valence-electron chi connectivity index (χ0n) is 11.7. The average molecular weight is 294 g/mol. The van der Waals surface area contributed by atoms with Gasteiger partial charge >= 0.3 is 6.18 Å². The maximum Gasteiger partial charge on any atom is 0.395 e. The molecule has 0 saturated heterocycles. The summed E-state index contributed by atoms with van der Waals surface area (Å²) in [5.74, 6) is -0.221. The Morgan fingerprint density at radius 3 is 2.00 bits per heavy atom. The second kappa shape index (κ2) is 6.66. The van der Waals surface area contributed by atoms with Crippen molar-refractivity contribution in [1.82, 2.24) is 0 Å². The van der Waals surface area contributed by atoms with Gasteiger partial charge in [0.15, 0.2) is 0 Å². The molecule has 0 radical (unpaired) electrons. The normalized spacial score (nSPS) is 13.0. The van der Waals surface area contributed by atoms with E-state index in [9.17, 15) is 13.2 Å². The van der Waals surface area contributed by atoms with Crippen molar-refractivity contribution in [1.29, 1.82) is 0 Å². The second-order valence-electron chi connectivity index (χ2n) is 4.87. The van der Waals surface area contributed by atoms with Crippen LogP contribution in [0.1, 0.15) is 31.2 Å². The fourth-order valence-electron chi connectivity index (χ4n) is 2.20. The number of halogens is 3. The van der Waals surface area contributed by atoms with E-state index in [2.05, 4.69) is 0 Å². The molecule has 0 bridgehead atoms. The van der Waals surface area contributed by atoms with Crippen molar-refractivity contribution < 1.29 is 17.9 Å². The minimum Gasteiger partial charge on any atom is -0.457 e. The average Bonchev–Trinajstić information content (AvgIpc) is 2.46. The standard InChI is InChI=1S/C17H17F3O/c1-2-6-16(17(18,19)20)13-9-11-15(12-10-13)21-14-7-4-3-5-8-14/h3-5,7-12,16H,2,6H2,1H3. The fourth-order valence-corrected chi connectivity index (χ4v) is 2.20. The van der Waals surface area contributed by atoms with Gasteiger partial charge in [0.05, 0.1) is 5.92 Å². The van der Waals surface area contributed by atoms with Gasteiger partial charge in [-0.15, -0.1) is 0 Å². The molecule has 4 heteroatoms. The summed E-state index contributed by atoms with van der Waals surface area (Å²) >= 11 is 0. The van der Waals surface area contributed by atoms with Crippen molar-refractivity contribution in [2.24, 2.45) is 0 Å². The first-order chi connectivity index (χ1) is 10.0. The first-order valence-corrected chi connectivity index (χ1v) is 6.90. The topological polar surface area (TPSA) is 9.23 Å². The summed E-state index contributed by atoms with van der Waals surface area (Å²) in [5, 5.41) is 0. The molecule has 0 heterocycles. The van der Waals surface area contributed by atoms with E-state index in [1.807, 2.05) is 18.2 Å². The number of benzene rings is 2. The summed E-state index contributed by atoms with van der Waals surface area (Å²) in [5.41, 5.74) is 0.282. The van der Waals surface area contributed by atoms with Crippen molar-refractivity contribution in [2.75, 3.05) is 0 Å². The molecule has 1 atom stereocenters. The van der Waals surface area contributed by atoms with E-state index in [-0.39, 0.29) is 12.0 Å². The second-order valence-corrected chi connectivity index (χ2v) is 4.87. The lowest BCUT2D eigenvalue weighted by Gasteiger charge is -2.20. The van der Waals surface area contributed by atoms with Crippen LogP contribution in [0, 0.1) is 0 Å². The largest absolute Gasteiger partial charge is 0.457 e. The minimum absolute atomic E-state index is 0.0996. The van der Waals surface area contributed by atoms with Crippen LogP contribution in [-0.2, 0) is 0 Å². The Hall–Kier alpha value is -1.97. The summed E-state index contributed by atoms with van der Waals surface area (Å²) in [7, 11) is 0. The molecule has 2 aromatic carbocycles. The number of hydrogen-bond acceptors (Lipinski definition) is 1. The van der Waals surface area contributed by atoms with E-state index >= 15 is 0 Å². The predicted molar refractivity (Wildman–Crippen MR) is 76.7 cm³/mol. The predicted octanol–water partition coefficient (Wildman–Crippen LogP) is 5.92. The first kappa shape index (κ1) is 15.4. The van der Waals surface area contributed by atoms with Crippen LogP contribution in [0.5, 0.6) is 11.5 Å². The Kier molecular flexibility index (Phi) is 4.89. The van der Waals surface area contributed by atoms with Gasteiger partial charge in [-0.25, -0.2) is 0 Å². The van der Waals surface area contributed by atoms with Gasteiger partial charge in [-0.3, -0.25) is 0 Å². The molecular formula is C17H17F3O. The molecule has 0 N–H and O–H groups in total. The number of alkyl halides is 3. The summed E-state index contributed by atoms with van der Waals surface area (Å²) in [4.78, 5) is 0. The monoisotopic (exact) mass is 294 g/mol. The molecule has 2 rings (SSSR count). The van der Waals surface area contributed by atoms with Crippen molar-refractivity contribution >= 4 is 0 Å². The Labute approximate surface area is 122 Å². The quantitative estimate of drug-likeness (QED) is 0.664. The Morgan fingerprint density at radius 1 is 0.905 bits per heavy atom. The maximum absolute atomic E-state index is 13.0. The van der Waals surface area contributed by atoms with E-state index in [4.69, 9.17) is 4.74 Å². The van der Waals surface area contributed by atoms with Crippen LogP contribution in [-0.4, -0.2) is 6.18 Å². The first-order valence-electron chi connectivity index (χ1n) is 6.90. The van der Waals surface area contributed by atoms with Crippen molar-refractivity contribution in [2.45, 2.75) is 31.9 Å². The summed E-state index contributed by atoms with van der Waals surface area (Å²) in [6, 6.07) is 15.3.